The summed E-state index contributed by atoms with van der Waals surface area (Å²) in [6, 6.07) is 2.96. The second-order valence-electron chi connectivity index (χ2n) is 5.12. The Hall–Kier alpha value is -1.70. The lowest BCUT2D eigenvalue weighted by Gasteiger charge is -2.28. The predicted octanol–water partition coefficient (Wildman–Crippen LogP) is 1.76. The first-order chi connectivity index (χ1) is 9.36. The van der Waals surface area contributed by atoms with Crippen LogP contribution < -0.4 is 5.32 Å². The van der Waals surface area contributed by atoms with Crippen LogP contribution in [0.2, 0.25) is 0 Å². The Morgan fingerprint density at radius 2 is 2.15 bits per heavy atom. The average Bonchev–Trinajstić information content (AvgIpc) is 2.38. The number of pyridine rings is 1. The number of hydrogen-bond donors (Lipinski definition) is 1. The van der Waals surface area contributed by atoms with Gasteiger partial charge in [0.2, 0.25) is 0 Å². The molecule has 8 heteroatoms. The zero-order valence-electron chi connectivity index (χ0n) is 11.2. The minimum atomic E-state index is -3.02. The summed E-state index contributed by atoms with van der Waals surface area (Å²) in [4.78, 5) is 14.0. The Bertz CT molecular complexity index is 585. The highest BCUT2D eigenvalue weighted by molar-refractivity contribution is 7.91. The summed E-state index contributed by atoms with van der Waals surface area (Å²) in [5.74, 6) is 0.537. The Morgan fingerprint density at radius 3 is 2.70 bits per heavy atom. The van der Waals surface area contributed by atoms with Gasteiger partial charge in [0.05, 0.1) is 10.2 Å². The van der Waals surface area contributed by atoms with E-state index >= 15 is 0 Å². The van der Waals surface area contributed by atoms with Gasteiger partial charge in [0.15, 0.2) is 0 Å². The summed E-state index contributed by atoms with van der Waals surface area (Å²) in [7, 11) is -3.02. The SMILES string of the molecule is CS(=O)(=O)[C@@H]1CCC[C@@H](Nc2ccc([N+](=O)[O-])cn2)C1. The molecule has 0 saturated heterocycles. The van der Waals surface area contributed by atoms with Gasteiger partial charge in [-0.2, -0.15) is 0 Å². The molecule has 1 aliphatic rings. The van der Waals surface area contributed by atoms with Crippen molar-refractivity contribution < 1.29 is 13.3 Å². The number of hydrogen-bond acceptors (Lipinski definition) is 6. The van der Waals surface area contributed by atoms with Gasteiger partial charge >= 0.3 is 0 Å². The van der Waals surface area contributed by atoms with Crippen molar-refractivity contribution in [3.63, 3.8) is 0 Å². The molecule has 0 spiro atoms. The largest absolute Gasteiger partial charge is 0.367 e. The molecule has 0 amide bonds. The van der Waals surface area contributed by atoms with Crippen molar-refractivity contribution in [1.29, 1.82) is 0 Å². The highest BCUT2D eigenvalue weighted by atomic mass is 32.2. The maximum absolute atomic E-state index is 11.6. The molecule has 1 saturated carbocycles. The van der Waals surface area contributed by atoms with Gasteiger partial charge in [0.25, 0.3) is 5.69 Å². The molecule has 1 fully saturated rings. The van der Waals surface area contributed by atoms with E-state index in [0.717, 1.165) is 12.8 Å². The molecule has 1 heterocycles. The van der Waals surface area contributed by atoms with E-state index in [2.05, 4.69) is 10.3 Å². The number of rotatable bonds is 4. The van der Waals surface area contributed by atoms with E-state index in [1.54, 1.807) is 6.07 Å². The van der Waals surface area contributed by atoms with E-state index in [1.165, 1.54) is 18.5 Å². The summed E-state index contributed by atoms with van der Waals surface area (Å²) >= 11 is 0. The van der Waals surface area contributed by atoms with Crippen molar-refractivity contribution in [1.82, 2.24) is 4.98 Å². The number of aromatic nitrogens is 1. The van der Waals surface area contributed by atoms with Crippen LogP contribution in [0.3, 0.4) is 0 Å². The van der Waals surface area contributed by atoms with Crippen molar-refractivity contribution in [2.24, 2.45) is 0 Å². The fraction of sp³-hybridized carbons (Fsp3) is 0.583. The molecule has 7 nitrogen and oxygen atoms in total. The van der Waals surface area contributed by atoms with Crippen LogP contribution in [0.25, 0.3) is 0 Å². The molecule has 110 valence electrons. The smallest absolute Gasteiger partial charge is 0.287 e. The third-order valence-corrected chi connectivity index (χ3v) is 5.18. The standard InChI is InChI=1S/C12H17N3O4S/c1-20(18,19)11-4-2-3-9(7-11)14-12-6-5-10(8-13-12)15(16)17/h5-6,8-9,11H,2-4,7H2,1H3,(H,13,14)/t9-,11-/m1/s1. The van der Waals surface area contributed by atoms with Crippen molar-refractivity contribution >= 4 is 21.3 Å². The summed E-state index contributed by atoms with van der Waals surface area (Å²) < 4.78 is 23.2. The van der Waals surface area contributed by atoms with E-state index in [0.29, 0.717) is 18.7 Å². The van der Waals surface area contributed by atoms with Crippen LogP contribution in [0.4, 0.5) is 11.5 Å². The highest BCUT2D eigenvalue weighted by Crippen LogP contribution is 2.26. The summed E-state index contributed by atoms with van der Waals surface area (Å²) in [5, 5.41) is 13.4. The summed E-state index contributed by atoms with van der Waals surface area (Å²) in [6.07, 6.45) is 5.44. The van der Waals surface area contributed by atoms with Gasteiger partial charge in [0.1, 0.15) is 21.9 Å². The minimum Gasteiger partial charge on any atom is -0.367 e. The topological polar surface area (TPSA) is 102 Å². The van der Waals surface area contributed by atoms with E-state index in [-0.39, 0.29) is 17.0 Å². The summed E-state index contributed by atoms with van der Waals surface area (Å²) in [6.45, 7) is 0. The van der Waals surface area contributed by atoms with Crippen molar-refractivity contribution in [3.05, 3.63) is 28.4 Å². The molecule has 1 aromatic heterocycles. The van der Waals surface area contributed by atoms with Crippen molar-refractivity contribution in [2.45, 2.75) is 37.0 Å². The number of anilines is 1. The predicted molar refractivity (Wildman–Crippen MR) is 75.4 cm³/mol. The van der Waals surface area contributed by atoms with Crippen LogP contribution in [-0.4, -0.2) is 35.9 Å². The average molecular weight is 299 g/mol. The first-order valence-electron chi connectivity index (χ1n) is 6.42. The Balaban J connectivity index is 2.01. The van der Waals surface area contributed by atoms with E-state index < -0.39 is 14.8 Å². The normalized spacial score (nSPS) is 23.2. The van der Waals surface area contributed by atoms with Gasteiger partial charge in [0, 0.05) is 18.4 Å². The molecular formula is C12H17N3O4S. The van der Waals surface area contributed by atoms with E-state index in [9.17, 15) is 18.5 Å². The van der Waals surface area contributed by atoms with Gasteiger partial charge in [-0.3, -0.25) is 10.1 Å². The lowest BCUT2D eigenvalue weighted by Crippen LogP contribution is -2.34. The fourth-order valence-corrected chi connectivity index (χ4v) is 3.63. The quantitative estimate of drug-likeness (QED) is 0.671. The molecule has 1 N–H and O–H groups in total. The van der Waals surface area contributed by atoms with Crippen LogP contribution in [0.15, 0.2) is 18.3 Å². The van der Waals surface area contributed by atoms with Crippen LogP contribution >= 0.6 is 0 Å². The van der Waals surface area contributed by atoms with Crippen molar-refractivity contribution in [2.75, 3.05) is 11.6 Å². The van der Waals surface area contributed by atoms with Gasteiger partial charge < -0.3 is 5.32 Å². The number of nitrogens with zero attached hydrogens (tertiary/aromatic N) is 2. The first kappa shape index (κ1) is 14.7. The molecule has 20 heavy (non-hydrogen) atoms. The maximum Gasteiger partial charge on any atom is 0.287 e. The zero-order chi connectivity index (χ0) is 14.8. The monoisotopic (exact) mass is 299 g/mol. The first-order valence-corrected chi connectivity index (χ1v) is 8.37. The molecule has 0 bridgehead atoms. The molecule has 2 rings (SSSR count). The molecule has 0 aliphatic heterocycles. The second-order valence-corrected chi connectivity index (χ2v) is 7.44. The van der Waals surface area contributed by atoms with Gasteiger partial charge in [-0.25, -0.2) is 13.4 Å². The van der Waals surface area contributed by atoms with Crippen LogP contribution in [-0.2, 0) is 9.84 Å². The van der Waals surface area contributed by atoms with Crippen LogP contribution in [0.5, 0.6) is 0 Å². The lowest BCUT2D eigenvalue weighted by molar-refractivity contribution is -0.385. The summed E-state index contributed by atoms with van der Waals surface area (Å²) in [5.41, 5.74) is -0.0618. The Morgan fingerprint density at radius 1 is 1.40 bits per heavy atom. The highest BCUT2D eigenvalue weighted by Gasteiger charge is 2.28. The molecule has 0 radical (unpaired) electrons. The number of nitro groups is 1. The van der Waals surface area contributed by atoms with Crippen molar-refractivity contribution in [3.8, 4) is 0 Å². The maximum atomic E-state index is 11.6. The molecule has 1 aromatic rings. The van der Waals surface area contributed by atoms with E-state index in [1.807, 2.05) is 0 Å². The van der Waals surface area contributed by atoms with Gasteiger partial charge in [-0.15, -0.1) is 0 Å². The van der Waals surface area contributed by atoms with Gasteiger partial charge in [-0.05, 0) is 25.3 Å². The Labute approximate surface area is 117 Å². The third-order valence-electron chi connectivity index (χ3n) is 3.54. The number of sulfone groups is 1. The number of nitrogens with one attached hydrogen (secondary N) is 1. The van der Waals surface area contributed by atoms with Crippen LogP contribution in [0.1, 0.15) is 25.7 Å². The molecular weight excluding hydrogens is 282 g/mol. The van der Waals surface area contributed by atoms with Gasteiger partial charge in [-0.1, -0.05) is 6.42 Å². The molecule has 1 aliphatic carbocycles. The molecule has 0 aromatic carbocycles. The lowest BCUT2D eigenvalue weighted by atomic mass is 9.95. The molecule has 0 unspecified atom stereocenters. The minimum absolute atomic E-state index is 0.0393. The zero-order valence-corrected chi connectivity index (χ0v) is 12.0. The third kappa shape index (κ3) is 3.66. The fourth-order valence-electron chi connectivity index (χ4n) is 2.45. The molecule has 2 atom stereocenters. The van der Waals surface area contributed by atoms with E-state index in [4.69, 9.17) is 0 Å². The Kier molecular flexibility index (Phi) is 4.22. The second kappa shape index (κ2) is 5.74. The van der Waals surface area contributed by atoms with Crippen LogP contribution in [0, 0.1) is 10.1 Å².